The second-order valence-corrected chi connectivity index (χ2v) is 12.1. The monoisotopic (exact) mass is 545 g/mol. The highest BCUT2D eigenvalue weighted by molar-refractivity contribution is 7.91. The number of phenolic OH excluding ortho intramolecular Hbond substituents is 1. The third kappa shape index (κ3) is 8.21. The van der Waals surface area contributed by atoms with Crippen molar-refractivity contribution in [2.24, 2.45) is 0 Å². The molecular weight excluding hydrogens is 514 g/mol. The number of carbonyl (C=O) groups excluding carboxylic acids is 1. The molecule has 7 nitrogen and oxygen atoms in total. The highest BCUT2D eigenvalue weighted by Gasteiger charge is 2.25. The van der Waals surface area contributed by atoms with Gasteiger partial charge in [-0.1, -0.05) is 41.9 Å². The molecule has 0 unspecified atom stereocenters. The minimum absolute atomic E-state index is 0.00996. The van der Waals surface area contributed by atoms with E-state index in [1.165, 1.54) is 35.2 Å². The van der Waals surface area contributed by atoms with Gasteiger partial charge in [0.15, 0.2) is 0 Å². The van der Waals surface area contributed by atoms with Crippen LogP contribution in [0.1, 0.15) is 44.4 Å². The molecule has 2 N–H and O–H groups in total. The van der Waals surface area contributed by atoms with E-state index in [0.29, 0.717) is 23.4 Å². The standard InChI is InChI=1S/C28H32ClNO6S/c1-28(2,3)36-27(33)30(19-26(32)21-10-5-11-22(29)17-21)15-7-9-20-8-4-13-24(16-20)37(34,35)25-14-6-12-23(31)18-25/h4-6,8,10-14,16-18,26,31-32H,7,9,15,19H2,1-3H3/t26-/m1/s1. The van der Waals surface area contributed by atoms with Gasteiger partial charge in [-0.2, -0.15) is 0 Å². The van der Waals surface area contributed by atoms with Crippen LogP contribution in [-0.4, -0.2) is 48.3 Å². The Labute approximate surface area is 223 Å². The van der Waals surface area contributed by atoms with Crippen LogP contribution >= 0.6 is 11.6 Å². The van der Waals surface area contributed by atoms with Crippen LogP contribution in [-0.2, 0) is 21.0 Å². The third-order valence-corrected chi connectivity index (χ3v) is 7.49. The number of hydrogen-bond donors (Lipinski definition) is 2. The Morgan fingerprint density at radius 2 is 1.65 bits per heavy atom. The molecule has 1 amide bonds. The average Bonchev–Trinajstić information content (AvgIpc) is 2.82. The van der Waals surface area contributed by atoms with Crippen molar-refractivity contribution >= 4 is 27.5 Å². The van der Waals surface area contributed by atoms with E-state index in [4.69, 9.17) is 16.3 Å². The Balaban J connectivity index is 1.72. The molecule has 3 aromatic rings. The van der Waals surface area contributed by atoms with Gasteiger partial charge in [-0.15, -0.1) is 0 Å². The van der Waals surface area contributed by atoms with E-state index < -0.39 is 27.6 Å². The molecular formula is C28H32ClNO6S. The van der Waals surface area contributed by atoms with Gasteiger partial charge in [-0.3, -0.25) is 0 Å². The number of halogens is 1. The maximum absolute atomic E-state index is 13.0. The molecule has 0 aromatic heterocycles. The van der Waals surface area contributed by atoms with Crippen molar-refractivity contribution in [1.82, 2.24) is 4.90 Å². The maximum Gasteiger partial charge on any atom is 0.410 e. The molecule has 0 saturated carbocycles. The van der Waals surface area contributed by atoms with E-state index >= 15 is 0 Å². The number of sulfone groups is 1. The fourth-order valence-corrected chi connectivity index (χ4v) is 5.31. The summed E-state index contributed by atoms with van der Waals surface area (Å²) in [5.41, 5.74) is 0.664. The number of aliphatic hydroxyl groups is 1. The highest BCUT2D eigenvalue weighted by atomic mass is 35.5. The van der Waals surface area contributed by atoms with Crippen molar-refractivity contribution in [2.75, 3.05) is 13.1 Å². The molecule has 0 saturated heterocycles. The van der Waals surface area contributed by atoms with Gasteiger partial charge in [-0.05, 0) is 87.2 Å². The maximum atomic E-state index is 13.0. The summed E-state index contributed by atoms with van der Waals surface area (Å²) in [6.07, 6.45) is -0.497. The van der Waals surface area contributed by atoms with Gasteiger partial charge < -0.3 is 19.8 Å². The highest BCUT2D eigenvalue weighted by Crippen LogP contribution is 2.25. The third-order valence-electron chi connectivity index (χ3n) is 5.51. The van der Waals surface area contributed by atoms with Crippen LogP contribution in [0.25, 0.3) is 0 Å². The Hall–Kier alpha value is -3.07. The average molecular weight is 546 g/mol. The predicted molar refractivity (Wildman–Crippen MR) is 143 cm³/mol. The van der Waals surface area contributed by atoms with Gasteiger partial charge in [-0.25, -0.2) is 13.2 Å². The summed E-state index contributed by atoms with van der Waals surface area (Å²) in [6.45, 7) is 5.62. The zero-order chi connectivity index (χ0) is 27.2. The SMILES string of the molecule is CC(C)(C)OC(=O)N(CCCc1cccc(S(=O)(=O)c2cccc(O)c2)c1)C[C@@H](O)c1cccc(Cl)c1. The van der Waals surface area contributed by atoms with E-state index in [9.17, 15) is 23.4 Å². The second-order valence-electron chi connectivity index (χ2n) is 9.75. The number of aliphatic hydroxyl groups excluding tert-OH is 1. The minimum Gasteiger partial charge on any atom is -0.508 e. The molecule has 3 rings (SSSR count). The van der Waals surface area contributed by atoms with Crippen LogP contribution in [0.3, 0.4) is 0 Å². The lowest BCUT2D eigenvalue weighted by molar-refractivity contribution is 0.0142. The number of carbonyl (C=O) groups is 1. The van der Waals surface area contributed by atoms with Crippen molar-refractivity contribution in [3.05, 3.63) is 88.9 Å². The van der Waals surface area contributed by atoms with Crippen LogP contribution in [0.5, 0.6) is 5.75 Å². The van der Waals surface area contributed by atoms with E-state index in [-0.39, 0.29) is 28.6 Å². The van der Waals surface area contributed by atoms with Gasteiger partial charge in [0.25, 0.3) is 0 Å². The first-order valence-corrected chi connectivity index (χ1v) is 13.8. The second kappa shape index (κ2) is 12.0. The molecule has 0 aliphatic heterocycles. The summed E-state index contributed by atoms with van der Waals surface area (Å²) in [5, 5.41) is 20.9. The number of ether oxygens (including phenoxy) is 1. The quantitative estimate of drug-likeness (QED) is 0.353. The first-order valence-electron chi connectivity index (χ1n) is 11.9. The molecule has 9 heteroatoms. The van der Waals surface area contributed by atoms with E-state index in [0.717, 1.165) is 5.56 Å². The molecule has 37 heavy (non-hydrogen) atoms. The van der Waals surface area contributed by atoms with Crippen molar-refractivity contribution in [2.45, 2.75) is 55.1 Å². The van der Waals surface area contributed by atoms with Crippen LogP contribution in [0.15, 0.2) is 82.6 Å². The van der Waals surface area contributed by atoms with Gasteiger partial charge in [0.2, 0.25) is 9.84 Å². The molecule has 198 valence electrons. The van der Waals surface area contributed by atoms with Crippen LogP contribution in [0, 0.1) is 0 Å². The smallest absolute Gasteiger partial charge is 0.410 e. The van der Waals surface area contributed by atoms with Crippen molar-refractivity contribution in [1.29, 1.82) is 0 Å². The minimum atomic E-state index is -3.80. The number of phenols is 1. The van der Waals surface area contributed by atoms with Gasteiger partial charge in [0.1, 0.15) is 11.4 Å². The molecule has 3 aromatic carbocycles. The van der Waals surface area contributed by atoms with E-state index in [2.05, 4.69) is 0 Å². The lowest BCUT2D eigenvalue weighted by atomic mass is 10.1. The molecule has 0 aliphatic carbocycles. The van der Waals surface area contributed by atoms with Crippen molar-refractivity contribution in [3.63, 3.8) is 0 Å². The Morgan fingerprint density at radius 3 is 2.30 bits per heavy atom. The van der Waals surface area contributed by atoms with Gasteiger partial charge in [0, 0.05) is 11.6 Å². The van der Waals surface area contributed by atoms with Crippen molar-refractivity contribution < 1.29 is 28.2 Å². The number of hydrogen-bond acceptors (Lipinski definition) is 6. The summed E-state index contributed by atoms with van der Waals surface area (Å²) >= 11 is 6.05. The first-order chi connectivity index (χ1) is 17.3. The molecule has 0 radical (unpaired) electrons. The Kier molecular flexibility index (Phi) is 9.23. The summed E-state index contributed by atoms with van der Waals surface area (Å²) < 4.78 is 31.5. The summed E-state index contributed by atoms with van der Waals surface area (Å²) in [7, 11) is -3.80. The molecule has 0 spiro atoms. The van der Waals surface area contributed by atoms with E-state index in [1.807, 2.05) is 6.07 Å². The van der Waals surface area contributed by atoms with Crippen molar-refractivity contribution in [3.8, 4) is 5.75 Å². The first kappa shape index (κ1) is 28.5. The molecule has 1 atom stereocenters. The predicted octanol–water partition coefficient (Wildman–Crippen LogP) is 5.78. The number of amides is 1. The number of rotatable bonds is 9. The summed E-state index contributed by atoms with van der Waals surface area (Å²) in [5.74, 6) is -0.126. The molecule has 0 heterocycles. The Bertz CT molecular complexity index is 1340. The lowest BCUT2D eigenvalue weighted by Crippen LogP contribution is -2.40. The van der Waals surface area contributed by atoms with Crippen LogP contribution < -0.4 is 0 Å². The lowest BCUT2D eigenvalue weighted by Gasteiger charge is -2.29. The fraction of sp³-hybridized carbons (Fsp3) is 0.321. The fourth-order valence-electron chi connectivity index (χ4n) is 3.74. The molecule has 0 bridgehead atoms. The molecule has 0 aliphatic rings. The summed E-state index contributed by atoms with van der Waals surface area (Å²) in [4.78, 5) is 14.5. The number of benzene rings is 3. The number of nitrogens with zero attached hydrogens (tertiary/aromatic N) is 1. The van der Waals surface area contributed by atoms with E-state index in [1.54, 1.807) is 57.2 Å². The van der Waals surface area contributed by atoms with Crippen LogP contribution in [0.2, 0.25) is 5.02 Å². The number of aromatic hydroxyl groups is 1. The van der Waals surface area contributed by atoms with Crippen LogP contribution in [0.4, 0.5) is 4.79 Å². The topological polar surface area (TPSA) is 104 Å². The number of aryl methyl sites for hydroxylation is 1. The van der Waals surface area contributed by atoms with Gasteiger partial charge in [0.05, 0.1) is 22.4 Å². The largest absolute Gasteiger partial charge is 0.508 e. The molecule has 0 fully saturated rings. The zero-order valence-electron chi connectivity index (χ0n) is 21.1. The Morgan fingerprint density at radius 1 is 1.00 bits per heavy atom. The summed E-state index contributed by atoms with van der Waals surface area (Å²) in [6, 6.07) is 19.0. The normalized spacial score (nSPS) is 12.7. The zero-order valence-corrected chi connectivity index (χ0v) is 22.7. The van der Waals surface area contributed by atoms with Gasteiger partial charge >= 0.3 is 6.09 Å².